The number of esters is 1. The third kappa shape index (κ3) is 2.53. The standard InChI is InChI=1S/C12H16N2O4/c1-8(14-6-5-13-11(15)7-14)9-3-4-10(18-9)12(16)17-2/h3-4,8H,5-7H2,1-2H3,(H,13,15). The summed E-state index contributed by atoms with van der Waals surface area (Å²) in [4.78, 5) is 24.6. The Kier molecular flexibility index (Phi) is 3.66. The minimum Gasteiger partial charge on any atom is -0.463 e. The Hall–Kier alpha value is -1.82. The summed E-state index contributed by atoms with van der Waals surface area (Å²) in [7, 11) is 1.31. The van der Waals surface area contributed by atoms with Crippen LogP contribution in [-0.2, 0) is 9.53 Å². The summed E-state index contributed by atoms with van der Waals surface area (Å²) in [5.74, 6) is 0.351. The first-order valence-corrected chi connectivity index (χ1v) is 5.80. The predicted molar refractivity (Wildman–Crippen MR) is 63.0 cm³/mol. The summed E-state index contributed by atoms with van der Waals surface area (Å²) in [6.45, 7) is 3.68. The van der Waals surface area contributed by atoms with Gasteiger partial charge in [-0.2, -0.15) is 0 Å². The van der Waals surface area contributed by atoms with Gasteiger partial charge in [0.15, 0.2) is 0 Å². The van der Waals surface area contributed by atoms with Gasteiger partial charge in [-0.05, 0) is 19.1 Å². The average Bonchev–Trinajstić information content (AvgIpc) is 2.86. The van der Waals surface area contributed by atoms with Crippen LogP contribution in [0.25, 0.3) is 0 Å². The molecule has 0 bridgehead atoms. The Labute approximate surface area is 105 Å². The van der Waals surface area contributed by atoms with Crippen molar-refractivity contribution in [3.63, 3.8) is 0 Å². The molecule has 1 amide bonds. The first kappa shape index (κ1) is 12.6. The molecule has 1 N–H and O–H groups in total. The maximum atomic E-state index is 11.3. The fraction of sp³-hybridized carbons (Fsp3) is 0.500. The van der Waals surface area contributed by atoms with Crippen LogP contribution in [0, 0.1) is 0 Å². The number of methoxy groups -OCH3 is 1. The van der Waals surface area contributed by atoms with Crippen molar-refractivity contribution in [2.75, 3.05) is 26.7 Å². The van der Waals surface area contributed by atoms with E-state index in [2.05, 4.69) is 10.1 Å². The molecule has 1 atom stereocenters. The summed E-state index contributed by atoms with van der Waals surface area (Å²) in [5, 5.41) is 2.77. The summed E-state index contributed by atoms with van der Waals surface area (Å²) in [5.41, 5.74) is 0. The molecule has 0 aliphatic carbocycles. The van der Waals surface area contributed by atoms with E-state index < -0.39 is 5.97 Å². The Morgan fingerprint density at radius 3 is 3.00 bits per heavy atom. The Morgan fingerprint density at radius 1 is 1.56 bits per heavy atom. The van der Waals surface area contributed by atoms with E-state index in [0.717, 1.165) is 6.54 Å². The minimum absolute atomic E-state index is 0.00727. The lowest BCUT2D eigenvalue weighted by atomic mass is 10.2. The first-order valence-electron chi connectivity index (χ1n) is 5.80. The van der Waals surface area contributed by atoms with Crippen molar-refractivity contribution in [1.29, 1.82) is 0 Å². The minimum atomic E-state index is -0.496. The summed E-state index contributed by atoms with van der Waals surface area (Å²) >= 11 is 0. The molecule has 6 heteroatoms. The van der Waals surface area contributed by atoms with Crippen molar-refractivity contribution < 1.29 is 18.7 Å². The zero-order chi connectivity index (χ0) is 13.1. The largest absolute Gasteiger partial charge is 0.463 e. The lowest BCUT2D eigenvalue weighted by molar-refractivity contribution is -0.124. The van der Waals surface area contributed by atoms with Crippen LogP contribution in [0.1, 0.15) is 29.3 Å². The monoisotopic (exact) mass is 252 g/mol. The zero-order valence-electron chi connectivity index (χ0n) is 10.4. The fourth-order valence-electron chi connectivity index (χ4n) is 1.96. The third-order valence-electron chi connectivity index (χ3n) is 3.04. The number of nitrogens with zero attached hydrogens (tertiary/aromatic N) is 1. The van der Waals surface area contributed by atoms with Crippen LogP contribution in [0.2, 0.25) is 0 Å². The van der Waals surface area contributed by atoms with Crippen LogP contribution in [-0.4, -0.2) is 43.5 Å². The maximum Gasteiger partial charge on any atom is 0.373 e. The lowest BCUT2D eigenvalue weighted by Crippen LogP contribution is -2.48. The van der Waals surface area contributed by atoms with Crippen LogP contribution in [0.15, 0.2) is 16.5 Å². The second-order valence-electron chi connectivity index (χ2n) is 4.19. The number of carbonyl (C=O) groups excluding carboxylic acids is 2. The quantitative estimate of drug-likeness (QED) is 0.796. The van der Waals surface area contributed by atoms with Gasteiger partial charge in [-0.25, -0.2) is 4.79 Å². The number of hydrogen-bond acceptors (Lipinski definition) is 5. The highest BCUT2D eigenvalue weighted by molar-refractivity contribution is 5.86. The molecular weight excluding hydrogens is 236 g/mol. The summed E-state index contributed by atoms with van der Waals surface area (Å²) in [6, 6.07) is 3.28. The van der Waals surface area contributed by atoms with Gasteiger partial charge in [0.2, 0.25) is 11.7 Å². The predicted octanol–water partition coefficient (Wildman–Crippen LogP) is 0.559. The van der Waals surface area contributed by atoms with Crippen molar-refractivity contribution in [2.45, 2.75) is 13.0 Å². The number of nitrogens with one attached hydrogen (secondary N) is 1. The van der Waals surface area contributed by atoms with E-state index in [1.807, 2.05) is 11.8 Å². The van der Waals surface area contributed by atoms with E-state index in [9.17, 15) is 9.59 Å². The molecule has 6 nitrogen and oxygen atoms in total. The van der Waals surface area contributed by atoms with Gasteiger partial charge in [-0.3, -0.25) is 9.69 Å². The first-order chi connectivity index (χ1) is 8.61. The highest BCUT2D eigenvalue weighted by Crippen LogP contribution is 2.23. The van der Waals surface area contributed by atoms with Crippen LogP contribution < -0.4 is 5.32 Å². The second kappa shape index (κ2) is 5.22. The number of amides is 1. The Bertz CT molecular complexity index is 455. The summed E-state index contributed by atoms with van der Waals surface area (Å²) in [6.07, 6.45) is 0. The summed E-state index contributed by atoms with van der Waals surface area (Å²) < 4.78 is 10.0. The highest BCUT2D eigenvalue weighted by Gasteiger charge is 2.25. The Morgan fingerprint density at radius 2 is 2.33 bits per heavy atom. The molecule has 0 radical (unpaired) electrons. The molecule has 0 saturated carbocycles. The van der Waals surface area contributed by atoms with Gasteiger partial charge in [0.1, 0.15) is 5.76 Å². The average molecular weight is 252 g/mol. The van der Waals surface area contributed by atoms with Gasteiger partial charge in [0.05, 0.1) is 19.7 Å². The zero-order valence-corrected chi connectivity index (χ0v) is 10.4. The molecule has 1 aliphatic heterocycles. The van der Waals surface area contributed by atoms with Crippen LogP contribution in [0.5, 0.6) is 0 Å². The number of rotatable bonds is 3. The molecule has 2 heterocycles. The lowest BCUT2D eigenvalue weighted by Gasteiger charge is -2.30. The smallest absolute Gasteiger partial charge is 0.373 e. The highest BCUT2D eigenvalue weighted by atomic mass is 16.5. The van der Waals surface area contributed by atoms with E-state index in [-0.39, 0.29) is 17.7 Å². The van der Waals surface area contributed by atoms with E-state index in [1.54, 1.807) is 12.1 Å². The van der Waals surface area contributed by atoms with Crippen molar-refractivity contribution in [3.05, 3.63) is 23.7 Å². The van der Waals surface area contributed by atoms with Crippen LogP contribution in [0.4, 0.5) is 0 Å². The third-order valence-corrected chi connectivity index (χ3v) is 3.04. The van der Waals surface area contributed by atoms with Crippen molar-refractivity contribution >= 4 is 11.9 Å². The van der Waals surface area contributed by atoms with Gasteiger partial charge >= 0.3 is 5.97 Å². The Balaban J connectivity index is 2.08. The number of hydrogen-bond donors (Lipinski definition) is 1. The van der Waals surface area contributed by atoms with Gasteiger partial charge in [0.25, 0.3) is 0 Å². The molecule has 2 rings (SSSR count). The van der Waals surface area contributed by atoms with E-state index in [0.29, 0.717) is 18.8 Å². The van der Waals surface area contributed by atoms with E-state index >= 15 is 0 Å². The molecule has 1 saturated heterocycles. The molecule has 0 aromatic carbocycles. The second-order valence-corrected chi connectivity index (χ2v) is 4.19. The van der Waals surface area contributed by atoms with Crippen molar-refractivity contribution in [3.8, 4) is 0 Å². The van der Waals surface area contributed by atoms with Crippen molar-refractivity contribution in [2.24, 2.45) is 0 Å². The topological polar surface area (TPSA) is 71.8 Å². The molecule has 1 unspecified atom stereocenters. The maximum absolute atomic E-state index is 11.3. The molecule has 1 fully saturated rings. The SMILES string of the molecule is COC(=O)c1ccc(C(C)N2CCNC(=O)C2)o1. The fourth-order valence-corrected chi connectivity index (χ4v) is 1.96. The van der Waals surface area contributed by atoms with E-state index in [4.69, 9.17) is 4.42 Å². The van der Waals surface area contributed by atoms with Gasteiger partial charge < -0.3 is 14.5 Å². The molecule has 1 aliphatic rings. The molecule has 98 valence electrons. The molecule has 18 heavy (non-hydrogen) atoms. The van der Waals surface area contributed by atoms with Crippen molar-refractivity contribution in [1.82, 2.24) is 10.2 Å². The molecule has 1 aromatic rings. The number of furan rings is 1. The van der Waals surface area contributed by atoms with Crippen LogP contribution in [0.3, 0.4) is 0 Å². The normalized spacial score (nSPS) is 18.2. The van der Waals surface area contributed by atoms with Gasteiger partial charge in [0, 0.05) is 13.1 Å². The molecular formula is C12H16N2O4. The van der Waals surface area contributed by atoms with Crippen LogP contribution >= 0.6 is 0 Å². The number of ether oxygens (including phenoxy) is 1. The van der Waals surface area contributed by atoms with Gasteiger partial charge in [-0.1, -0.05) is 0 Å². The van der Waals surface area contributed by atoms with E-state index in [1.165, 1.54) is 7.11 Å². The molecule has 1 aromatic heterocycles. The number of piperazine rings is 1. The molecule has 0 spiro atoms. The number of carbonyl (C=O) groups is 2. The van der Waals surface area contributed by atoms with Gasteiger partial charge in [-0.15, -0.1) is 0 Å².